The maximum Gasteiger partial charge on any atom is 0.227 e. The number of aliphatic hydroxyl groups is 1. The fourth-order valence-corrected chi connectivity index (χ4v) is 3.14. The van der Waals surface area contributed by atoms with Gasteiger partial charge in [0.05, 0.1) is 18.7 Å². The van der Waals surface area contributed by atoms with E-state index in [9.17, 15) is 5.11 Å². The minimum atomic E-state index is -0.178. The molecule has 0 spiro atoms. The number of rotatable bonds is 8. The van der Waals surface area contributed by atoms with Gasteiger partial charge < -0.3 is 21.5 Å². The van der Waals surface area contributed by atoms with Gasteiger partial charge in [0.1, 0.15) is 0 Å². The summed E-state index contributed by atoms with van der Waals surface area (Å²) in [6.07, 6.45) is 0. The van der Waals surface area contributed by atoms with E-state index in [2.05, 4.69) is 30.9 Å². The zero-order chi connectivity index (χ0) is 21.1. The van der Waals surface area contributed by atoms with E-state index in [1.165, 1.54) is 0 Å². The molecule has 3 rings (SSSR count). The van der Waals surface area contributed by atoms with Crippen molar-refractivity contribution in [3.63, 3.8) is 0 Å². The second kappa shape index (κ2) is 8.79. The Labute approximate surface area is 174 Å². The Morgan fingerprint density at radius 3 is 2.59 bits per heavy atom. The van der Waals surface area contributed by atoms with Crippen LogP contribution in [-0.4, -0.2) is 42.7 Å². The molecular weight excluding hydrogens is 392 g/mol. The normalized spacial score (nSPS) is 12.7. The van der Waals surface area contributed by atoms with Crippen molar-refractivity contribution >= 4 is 40.2 Å². The van der Waals surface area contributed by atoms with Crippen LogP contribution in [0.3, 0.4) is 0 Å². The summed E-state index contributed by atoms with van der Waals surface area (Å²) in [5, 5.41) is 25.2. The maximum absolute atomic E-state index is 9.66. The number of nitrogens with two attached hydrogens (primary N) is 1. The molecule has 0 saturated carbocycles. The number of halogens is 1. The van der Waals surface area contributed by atoms with Gasteiger partial charge >= 0.3 is 0 Å². The van der Waals surface area contributed by atoms with E-state index in [0.29, 0.717) is 40.2 Å². The molecule has 3 aromatic rings. The summed E-state index contributed by atoms with van der Waals surface area (Å²) in [4.78, 5) is 9.17. The number of aliphatic hydroxyl groups excluding tert-OH is 1. The number of nitrogen functional groups attached to an aromatic ring is 1. The quantitative estimate of drug-likeness (QED) is 0.411. The number of hydrogen-bond donors (Lipinski definition) is 4. The smallest absolute Gasteiger partial charge is 0.227 e. The molecule has 0 aliphatic heterocycles. The Balaban J connectivity index is 2.00. The fourth-order valence-electron chi connectivity index (χ4n) is 2.89. The first-order chi connectivity index (χ1) is 13.8. The molecule has 156 valence electrons. The molecule has 0 bridgehead atoms. The van der Waals surface area contributed by atoms with Crippen molar-refractivity contribution in [2.75, 3.05) is 23.0 Å². The Bertz CT molecular complexity index is 967. The Kier molecular flexibility index (Phi) is 6.39. The molecule has 0 amide bonds. The van der Waals surface area contributed by atoms with Gasteiger partial charge in [-0.2, -0.15) is 9.97 Å². The lowest BCUT2D eigenvalue weighted by atomic mass is 10.1. The van der Waals surface area contributed by atoms with Gasteiger partial charge in [-0.25, -0.2) is 4.68 Å². The van der Waals surface area contributed by atoms with Crippen molar-refractivity contribution < 1.29 is 5.11 Å². The monoisotopic (exact) mass is 418 g/mol. The second-order valence-electron chi connectivity index (χ2n) is 7.53. The molecule has 9 nitrogen and oxygen atoms in total. The highest BCUT2D eigenvalue weighted by Crippen LogP contribution is 2.26. The van der Waals surface area contributed by atoms with Gasteiger partial charge in [0.15, 0.2) is 17.0 Å². The molecule has 0 saturated heterocycles. The highest BCUT2D eigenvalue weighted by Gasteiger charge is 2.19. The molecule has 10 heteroatoms. The summed E-state index contributed by atoms with van der Waals surface area (Å²) in [5.74, 6) is 1.11. The van der Waals surface area contributed by atoms with Crippen molar-refractivity contribution in [3.8, 4) is 0 Å². The van der Waals surface area contributed by atoms with Crippen LogP contribution < -0.4 is 16.4 Å². The average Bonchev–Trinajstić information content (AvgIpc) is 3.09. The minimum Gasteiger partial charge on any atom is -0.398 e. The van der Waals surface area contributed by atoms with Crippen LogP contribution in [0.1, 0.15) is 39.3 Å². The van der Waals surface area contributed by atoms with Gasteiger partial charge in [0.25, 0.3) is 0 Å². The summed E-state index contributed by atoms with van der Waals surface area (Å²) in [5.41, 5.74) is 8.60. The van der Waals surface area contributed by atoms with Gasteiger partial charge in [-0.15, -0.1) is 5.10 Å². The summed E-state index contributed by atoms with van der Waals surface area (Å²) >= 11 is 6.29. The van der Waals surface area contributed by atoms with Crippen molar-refractivity contribution in [2.45, 2.75) is 46.3 Å². The van der Waals surface area contributed by atoms with Gasteiger partial charge in [-0.05, 0) is 31.9 Å². The third-order valence-corrected chi connectivity index (χ3v) is 5.07. The van der Waals surface area contributed by atoms with Crippen LogP contribution in [0.4, 0.5) is 17.5 Å². The Morgan fingerprint density at radius 1 is 1.21 bits per heavy atom. The van der Waals surface area contributed by atoms with Crippen LogP contribution in [0, 0.1) is 5.92 Å². The predicted molar refractivity (Wildman–Crippen MR) is 116 cm³/mol. The van der Waals surface area contributed by atoms with E-state index in [-0.39, 0.29) is 24.6 Å². The number of nitrogens with one attached hydrogen (secondary N) is 2. The molecule has 0 aliphatic rings. The predicted octanol–water partition coefficient (Wildman–Crippen LogP) is 3.08. The highest BCUT2D eigenvalue weighted by molar-refractivity contribution is 6.31. The lowest BCUT2D eigenvalue weighted by molar-refractivity contribution is 0.248. The molecule has 1 atom stereocenters. The van der Waals surface area contributed by atoms with Crippen molar-refractivity contribution in [1.82, 2.24) is 25.0 Å². The standard InChI is InChI=1S/C19H27ClN8O/c1-10(2)15(9-29)23-19-24-17(16-18(25-19)28(11(3)4)27-26-16)22-8-12-13(20)6-5-7-14(12)21/h5-7,10-11,15,29H,8-9,21H2,1-4H3,(H2,22,23,24,25)/t15-/m0/s1. The summed E-state index contributed by atoms with van der Waals surface area (Å²) in [7, 11) is 0. The largest absolute Gasteiger partial charge is 0.398 e. The summed E-state index contributed by atoms with van der Waals surface area (Å²) in [6, 6.07) is 5.30. The molecule has 2 heterocycles. The lowest BCUT2D eigenvalue weighted by Gasteiger charge is -2.20. The van der Waals surface area contributed by atoms with E-state index in [0.717, 1.165) is 5.56 Å². The third-order valence-electron chi connectivity index (χ3n) is 4.72. The van der Waals surface area contributed by atoms with E-state index in [1.807, 2.05) is 27.7 Å². The SMILES string of the molecule is CC(C)[C@H](CO)Nc1nc(NCc2c(N)cccc2Cl)c2nnn(C(C)C)c2n1. The first-order valence-electron chi connectivity index (χ1n) is 9.58. The Morgan fingerprint density at radius 2 is 1.97 bits per heavy atom. The minimum absolute atomic E-state index is 0.0281. The zero-order valence-electron chi connectivity index (χ0n) is 17.0. The number of fused-ring (bicyclic) bond motifs is 1. The molecule has 0 fully saturated rings. The van der Waals surface area contributed by atoms with Crippen LogP contribution in [0.25, 0.3) is 11.2 Å². The number of anilines is 3. The average molecular weight is 419 g/mol. The van der Waals surface area contributed by atoms with Gasteiger partial charge in [0.2, 0.25) is 5.95 Å². The maximum atomic E-state index is 9.66. The van der Waals surface area contributed by atoms with Crippen molar-refractivity contribution in [2.24, 2.45) is 5.92 Å². The van der Waals surface area contributed by atoms with Crippen LogP contribution in [0.5, 0.6) is 0 Å². The topological polar surface area (TPSA) is 127 Å². The Hall–Kier alpha value is -2.65. The van der Waals surface area contributed by atoms with Gasteiger partial charge in [0, 0.05) is 22.8 Å². The van der Waals surface area contributed by atoms with Crippen LogP contribution >= 0.6 is 11.6 Å². The van der Waals surface area contributed by atoms with Gasteiger partial charge in [-0.3, -0.25) is 0 Å². The molecule has 1 aromatic carbocycles. The fraction of sp³-hybridized carbons (Fsp3) is 0.474. The van der Waals surface area contributed by atoms with Crippen molar-refractivity contribution in [3.05, 3.63) is 28.8 Å². The lowest BCUT2D eigenvalue weighted by Crippen LogP contribution is -2.30. The van der Waals surface area contributed by atoms with E-state index >= 15 is 0 Å². The molecule has 0 unspecified atom stereocenters. The number of aromatic nitrogens is 5. The highest BCUT2D eigenvalue weighted by atomic mass is 35.5. The van der Waals surface area contributed by atoms with Crippen LogP contribution in [0.2, 0.25) is 5.02 Å². The third kappa shape index (κ3) is 4.51. The molecule has 29 heavy (non-hydrogen) atoms. The summed E-state index contributed by atoms with van der Waals surface area (Å²) < 4.78 is 1.74. The van der Waals surface area contributed by atoms with E-state index in [4.69, 9.17) is 17.3 Å². The molecule has 2 aromatic heterocycles. The molecular formula is C19H27ClN8O. The van der Waals surface area contributed by atoms with Gasteiger partial charge in [-0.1, -0.05) is 36.7 Å². The molecule has 0 aliphatic carbocycles. The zero-order valence-corrected chi connectivity index (χ0v) is 17.8. The van der Waals surface area contributed by atoms with Crippen LogP contribution in [0.15, 0.2) is 18.2 Å². The van der Waals surface area contributed by atoms with E-state index in [1.54, 1.807) is 22.9 Å². The first-order valence-corrected chi connectivity index (χ1v) is 9.96. The van der Waals surface area contributed by atoms with Crippen molar-refractivity contribution in [1.29, 1.82) is 0 Å². The number of benzene rings is 1. The van der Waals surface area contributed by atoms with Crippen LogP contribution in [-0.2, 0) is 6.54 Å². The number of hydrogen-bond acceptors (Lipinski definition) is 8. The number of nitrogens with zero attached hydrogens (tertiary/aromatic N) is 5. The summed E-state index contributed by atoms with van der Waals surface area (Å²) in [6.45, 7) is 8.40. The first kappa shape index (κ1) is 21.1. The van der Waals surface area contributed by atoms with E-state index < -0.39 is 0 Å². The molecule has 0 radical (unpaired) electrons. The second-order valence-corrected chi connectivity index (χ2v) is 7.94. The molecule has 5 N–H and O–H groups in total.